The number of nitrogens with one attached hydrogen (secondary N) is 2. The summed E-state index contributed by atoms with van der Waals surface area (Å²) < 4.78 is 12.9. The summed E-state index contributed by atoms with van der Waals surface area (Å²) >= 11 is 3.67. The molecule has 5 N–H and O–H groups in total. The van der Waals surface area contributed by atoms with Crippen molar-refractivity contribution in [1.29, 1.82) is 0 Å². The van der Waals surface area contributed by atoms with Crippen LogP contribution in [0.25, 0.3) is 0 Å². The smallest absolute Gasteiger partial charge is 0.242 e. The predicted molar refractivity (Wildman–Crippen MR) is 121 cm³/mol. The number of carbonyl (C=O) groups is 4. The highest BCUT2D eigenvalue weighted by atomic mass is 32.1. The highest BCUT2D eigenvalue weighted by molar-refractivity contribution is 7.78. The summed E-state index contributed by atoms with van der Waals surface area (Å²) in [4.78, 5) is 50.2. The molecule has 13 heteroatoms. The van der Waals surface area contributed by atoms with Gasteiger partial charge in [0, 0.05) is 19.4 Å². The minimum absolute atomic E-state index is 0.0422. The Hall–Kier alpha value is -1.77. The molecule has 0 spiro atoms. The number of rotatable bonds is 11. The van der Waals surface area contributed by atoms with Gasteiger partial charge in [-0.15, -0.1) is 0 Å². The summed E-state index contributed by atoms with van der Waals surface area (Å²) in [6.45, 7) is 2.91. The zero-order valence-corrected chi connectivity index (χ0v) is 20.3. The Bertz CT molecular complexity index is 740. The van der Waals surface area contributed by atoms with Gasteiger partial charge in [0.1, 0.15) is 24.4 Å². The molecule has 2 aliphatic rings. The summed E-state index contributed by atoms with van der Waals surface area (Å²) in [5.74, 6) is -1.19. The van der Waals surface area contributed by atoms with Crippen molar-refractivity contribution in [2.75, 3.05) is 13.2 Å². The number of aliphatic hydroxyl groups is 3. The molecule has 2 rings (SSSR count). The van der Waals surface area contributed by atoms with Crippen LogP contribution in [-0.4, -0.2) is 99.7 Å². The first-order chi connectivity index (χ1) is 16.1. The van der Waals surface area contributed by atoms with Gasteiger partial charge < -0.3 is 39.7 Å². The molecule has 2 fully saturated rings. The lowest BCUT2D eigenvalue weighted by Gasteiger charge is -2.38. The molecule has 2 heterocycles. The number of carbonyl (C=O) groups excluding carboxylic acids is 4. The minimum atomic E-state index is -1.44. The van der Waals surface area contributed by atoms with Gasteiger partial charge in [-0.1, -0.05) is 12.8 Å². The topological polar surface area (TPSA) is 175 Å². The van der Waals surface area contributed by atoms with Crippen LogP contribution >= 0.6 is 12.8 Å². The van der Waals surface area contributed by atoms with Gasteiger partial charge in [0.15, 0.2) is 12.1 Å². The van der Waals surface area contributed by atoms with E-state index in [1.807, 2.05) is 0 Å². The van der Waals surface area contributed by atoms with Gasteiger partial charge in [0.25, 0.3) is 0 Å². The fraction of sp³-hybridized carbons (Fsp3) is 0.810. The normalized spacial score (nSPS) is 31.2. The second kappa shape index (κ2) is 13.4. The Morgan fingerprint density at radius 2 is 1.68 bits per heavy atom. The molecule has 34 heavy (non-hydrogen) atoms. The minimum Gasteiger partial charge on any atom is -0.388 e. The van der Waals surface area contributed by atoms with Crippen molar-refractivity contribution in [3.8, 4) is 0 Å². The van der Waals surface area contributed by atoms with Gasteiger partial charge in [0.05, 0.1) is 18.8 Å². The van der Waals surface area contributed by atoms with Crippen molar-refractivity contribution < 1.29 is 44.0 Å². The average molecular weight is 506 g/mol. The molecule has 7 atom stereocenters. The molecule has 0 radical (unpaired) electrons. The molecule has 0 aromatic carbocycles. The number of amides is 3. The Balaban J connectivity index is 1.84. The van der Waals surface area contributed by atoms with E-state index < -0.39 is 48.7 Å². The zero-order valence-electron chi connectivity index (χ0n) is 19.4. The van der Waals surface area contributed by atoms with E-state index in [1.54, 1.807) is 0 Å². The lowest BCUT2D eigenvalue weighted by Crippen LogP contribution is -2.57. The van der Waals surface area contributed by atoms with Gasteiger partial charge in [-0.05, 0) is 39.5 Å². The Labute approximate surface area is 203 Å². The first-order valence-corrected chi connectivity index (χ1v) is 11.9. The molecule has 194 valence electrons. The molecule has 1 unspecified atom stereocenters. The molecule has 0 aromatic rings. The van der Waals surface area contributed by atoms with E-state index in [9.17, 15) is 34.5 Å². The number of unbranched alkanes of at least 4 members (excludes halogenated alkanes) is 1. The van der Waals surface area contributed by atoms with E-state index in [1.165, 1.54) is 18.7 Å². The number of likely N-dealkylation sites (tertiary alicyclic amines) is 1. The van der Waals surface area contributed by atoms with Crippen LogP contribution in [0.4, 0.5) is 0 Å². The molecular weight excluding hydrogens is 470 g/mol. The van der Waals surface area contributed by atoms with Crippen molar-refractivity contribution in [2.24, 2.45) is 0 Å². The molecule has 0 saturated carbocycles. The number of nitrogens with zero attached hydrogens (tertiary/aromatic N) is 1. The number of thiol groups is 1. The fourth-order valence-electron chi connectivity index (χ4n) is 4.18. The molecule has 3 amide bonds. The van der Waals surface area contributed by atoms with Crippen LogP contribution < -0.4 is 10.0 Å². The number of Topliss-reactive ketones (excluding diaryl/α,β-unsaturated/α-hetero) is 1. The first kappa shape index (κ1) is 28.5. The number of hydrogen-bond donors (Lipinski definition) is 6. The lowest BCUT2D eigenvalue weighted by molar-refractivity contribution is -0.292. The summed E-state index contributed by atoms with van der Waals surface area (Å²) in [6.07, 6.45) is -4.03. The van der Waals surface area contributed by atoms with Gasteiger partial charge in [-0.2, -0.15) is 0 Å². The van der Waals surface area contributed by atoms with Crippen LogP contribution in [0.15, 0.2) is 0 Å². The number of aliphatic hydroxyl groups excluding tert-OH is 3. The van der Waals surface area contributed by atoms with E-state index in [0.717, 1.165) is 0 Å². The largest absolute Gasteiger partial charge is 0.388 e. The maximum Gasteiger partial charge on any atom is 0.242 e. The zero-order chi connectivity index (χ0) is 25.4. The monoisotopic (exact) mass is 505 g/mol. The molecule has 12 nitrogen and oxygen atoms in total. The number of hydrogen-bond acceptors (Lipinski definition) is 10. The number of ketones is 1. The summed E-state index contributed by atoms with van der Waals surface area (Å²) in [5.41, 5.74) is 0. The highest BCUT2D eigenvalue weighted by Gasteiger charge is 2.43. The quantitative estimate of drug-likeness (QED) is 0.143. The third-order valence-electron chi connectivity index (χ3n) is 6.11. The molecular formula is C21H35N3O9S. The van der Waals surface area contributed by atoms with Crippen molar-refractivity contribution in [1.82, 2.24) is 14.9 Å². The van der Waals surface area contributed by atoms with Crippen LogP contribution in [0, 0.1) is 0 Å². The van der Waals surface area contributed by atoms with E-state index >= 15 is 0 Å². The molecule has 0 bridgehead atoms. The highest BCUT2D eigenvalue weighted by Crippen LogP contribution is 2.27. The number of ether oxygens (including phenoxy) is 2. The van der Waals surface area contributed by atoms with E-state index in [-0.39, 0.29) is 43.6 Å². The van der Waals surface area contributed by atoms with Crippen molar-refractivity contribution >= 4 is 36.3 Å². The predicted octanol–water partition coefficient (Wildman–Crippen LogP) is -1.58. The second-order valence-corrected chi connectivity index (χ2v) is 8.83. The van der Waals surface area contributed by atoms with Crippen LogP contribution in [0.1, 0.15) is 52.4 Å². The van der Waals surface area contributed by atoms with Gasteiger partial charge in [-0.25, -0.2) is 0 Å². The van der Waals surface area contributed by atoms with Gasteiger partial charge in [0.2, 0.25) is 17.7 Å². The average Bonchev–Trinajstić information content (AvgIpc) is 3.26. The molecule has 2 aliphatic heterocycles. The maximum absolute atomic E-state index is 12.8. The van der Waals surface area contributed by atoms with Crippen LogP contribution in [0.2, 0.25) is 0 Å². The van der Waals surface area contributed by atoms with E-state index in [0.29, 0.717) is 25.7 Å². The standard InChI is InChI=1S/C21H35N3O9S/c1-11(25)13-7-8-14(24(13)16(27)6-4-3-5-15(26)23-34)20(31)22-9-10-32-21-19(30)18(29)17(28)12(2)33-21/h12-14,17-19,21,28-30,34H,3-10H2,1-2H3,(H,22,31)(H,23,26)/t12-,13-,14?,17+,18+,19-,21+/m0/s1. The van der Waals surface area contributed by atoms with Crippen molar-refractivity contribution in [2.45, 2.75) is 95.2 Å². The maximum atomic E-state index is 12.8. The van der Waals surface area contributed by atoms with Crippen molar-refractivity contribution in [3.63, 3.8) is 0 Å². The third kappa shape index (κ3) is 7.36. The van der Waals surface area contributed by atoms with Crippen molar-refractivity contribution in [3.05, 3.63) is 0 Å². The molecule has 0 aromatic heterocycles. The summed E-state index contributed by atoms with van der Waals surface area (Å²) in [6, 6.07) is -1.46. The lowest BCUT2D eigenvalue weighted by atomic mass is 10.0. The molecule has 0 aliphatic carbocycles. The Morgan fingerprint density at radius 3 is 2.32 bits per heavy atom. The summed E-state index contributed by atoms with van der Waals surface area (Å²) in [7, 11) is 0. The molecule has 2 saturated heterocycles. The van der Waals surface area contributed by atoms with Crippen LogP contribution in [0.5, 0.6) is 0 Å². The SMILES string of the molecule is CC(=O)[C@@H]1CCC(C(=O)NCCO[C@@H]2O[C@@H](C)[C@@H](O)[C@@H](O)[C@@H]2O)N1C(=O)CCCCC(=O)NS. The van der Waals surface area contributed by atoms with Gasteiger partial charge in [-0.3, -0.25) is 19.2 Å². The first-order valence-electron chi connectivity index (χ1n) is 11.4. The Morgan fingerprint density at radius 1 is 1.03 bits per heavy atom. The third-order valence-corrected chi connectivity index (χ3v) is 6.36. The van der Waals surface area contributed by atoms with Crippen LogP contribution in [-0.2, 0) is 28.7 Å². The van der Waals surface area contributed by atoms with Crippen LogP contribution in [0.3, 0.4) is 0 Å². The van der Waals surface area contributed by atoms with E-state index in [2.05, 4.69) is 22.9 Å². The fourth-order valence-corrected chi connectivity index (χ4v) is 4.29. The Kier molecular flexibility index (Phi) is 11.2. The summed E-state index contributed by atoms with van der Waals surface area (Å²) in [5, 5.41) is 32.2. The van der Waals surface area contributed by atoms with Gasteiger partial charge >= 0.3 is 0 Å². The van der Waals surface area contributed by atoms with E-state index in [4.69, 9.17) is 9.47 Å². The second-order valence-electron chi connectivity index (χ2n) is 8.61.